The standard InChI is InChI=1S/C26H47N5O3/c1-18(2)16-29-26(33)24(19(3)4)31(8)20(5)34-17-21-11-13-22(14-12-21)30-25(32)23(28-7)10-9-15-27-6/h11-14,18-19,23-24,26-29,33H,5,9-10,15-17H2,1-4,6-8H3,(H,30,32)/t23-,24?,26?/m0/s1. The Bertz CT molecular complexity index is 724. The molecule has 0 saturated heterocycles. The topological polar surface area (TPSA) is 97.9 Å². The summed E-state index contributed by atoms with van der Waals surface area (Å²) in [5, 5.41) is 23.0. The highest BCUT2D eigenvalue weighted by molar-refractivity contribution is 5.94. The average Bonchev–Trinajstić information content (AvgIpc) is 2.79. The minimum absolute atomic E-state index is 0.0398. The highest BCUT2D eigenvalue weighted by Crippen LogP contribution is 2.19. The maximum Gasteiger partial charge on any atom is 0.241 e. The Morgan fingerprint density at radius 2 is 1.79 bits per heavy atom. The van der Waals surface area contributed by atoms with Crippen LogP contribution < -0.4 is 21.3 Å². The molecule has 8 heteroatoms. The predicted molar refractivity (Wildman–Crippen MR) is 140 cm³/mol. The third-order valence-electron chi connectivity index (χ3n) is 5.79. The Balaban J connectivity index is 2.62. The van der Waals surface area contributed by atoms with Crippen LogP contribution in [0.15, 0.2) is 36.7 Å². The summed E-state index contributed by atoms with van der Waals surface area (Å²) < 4.78 is 5.92. The van der Waals surface area contributed by atoms with Crippen LogP contribution in [-0.2, 0) is 16.1 Å². The number of anilines is 1. The molecule has 0 heterocycles. The summed E-state index contributed by atoms with van der Waals surface area (Å²) in [5.41, 5.74) is 1.71. The lowest BCUT2D eigenvalue weighted by Crippen LogP contribution is -2.52. The van der Waals surface area contributed by atoms with Gasteiger partial charge >= 0.3 is 0 Å². The number of amides is 1. The molecule has 194 valence electrons. The van der Waals surface area contributed by atoms with Crippen molar-refractivity contribution >= 4 is 11.6 Å². The Labute approximate surface area is 206 Å². The first-order chi connectivity index (χ1) is 16.1. The third kappa shape index (κ3) is 10.4. The van der Waals surface area contributed by atoms with E-state index >= 15 is 0 Å². The number of likely N-dealkylation sites (N-methyl/N-ethyl adjacent to an activating group) is 2. The van der Waals surface area contributed by atoms with Gasteiger partial charge in [0.15, 0.2) is 5.88 Å². The molecule has 2 unspecified atom stereocenters. The fraction of sp³-hybridized carbons (Fsp3) is 0.654. The highest BCUT2D eigenvalue weighted by atomic mass is 16.5. The third-order valence-corrected chi connectivity index (χ3v) is 5.79. The first kappa shape index (κ1) is 29.9. The van der Waals surface area contributed by atoms with Crippen molar-refractivity contribution in [3.05, 3.63) is 42.3 Å². The summed E-state index contributed by atoms with van der Waals surface area (Å²) in [4.78, 5) is 14.4. The molecule has 1 rings (SSSR count). The molecule has 0 spiro atoms. The number of hydrogen-bond donors (Lipinski definition) is 5. The zero-order valence-electron chi connectivity index (χ0n) is 22.1. The van der Waals surface area contributed by atoms with Gasteiger partial charge in [-0.1, -0.05) is 39.8 Å². The van der Waals surface area contributed by atoms with Gasteiger partial charge in [0.05, 0.1) is 12.1 Å². The van der Waals surface area contributed by atoms with Gasteiger partial charge in [-0.3, -0.25) is 10.1 Å². The Morgan fingerprint density at radius 3 is 2.32 bits per heavy atom. The molecule has 34 heavy (non-hydrogen) atoms. The lowest BCUT2D eigenvalue weighted by atomic mass is 10.0. The number of rotatable bonds is 17. The van der Waals surface area contributed by atoms with Gasteiger partial charge in [-0.05, 0) is 76.1 Å². The summed E-state index contributed by atoms with van der Waals surface area (Å²) in [6.45, 7) is 14.4. The molecule has 0 fully saturated rings. The molecule has 1 amide bonds. The van der Waals surface area contributed by atoms with Crippen LogP contribution in [0.5, 0.6) is 0 Å². The summed E-state index contributed by atoms with van der Waals surface area (Å²) in [6, 6.07) is 7.21. The van der Waals surface area contributed by atoms with Crippen molar-refractivity contribution in [2.75, 3.05) is 39.5 Å². The zero-order valence-corrected chi connectivity index (χ0v) is 22.1. The number of aliphatic hydroxyl groups excluding tert-OH is 1. The highest BCUT2D eigenvalue weighted by Gasteiger charge is 2.28. The van der Waals surface area contributed by atoms with Gasteiger partial charge in [0.2, 0.25) is 5.91 Å². The van der Waals surface area contributed by atoms with Gasteiger partial charge in [0, 0.05) is 12.7 Å². The zero-order chi connectivity index (χ0) is 25.7. The number of nitrogens with zero attached hydrogens (tertiary/aromatic N) is 1. The second kappa shape index (κ2) is 15.7. The van der Waals surface area contributed by atoms with Crippen LogP contribution in [0.2, 0.25) is 0 Å². The van der Waals surface area contributed by atoms with Crippen molar-refractivity contribution in [2.24, 2.45) is 11.8 Å². The van der Waals surface area contributed by atoms with E-state index in [4.69, 9.17) is 4.74 Å². The Hall–Kier alpha value is -2.13. The Morgan fingerprint density at radius 1 is 1.15 bits per heavy atom. The van der Waals surface area contributed by atoms with E-state index in [1.165, 1.54) is 0 Å². The van der Waals surface area contributed by atoms with Crippen molar-refractivity contribution < 1.29 is 14.6 Å². The second-order valence-electron chi connectivity index (χ2n) is 9.55. The lowest BCUT2D eigenvalue weighted by molar-refractivity contribution is -0.118. The fourth-order valence-corrected chi connectivity index (χ4v) is 3.74. The van der Waals surface area contributed by atoms with E-state index in [2.05, 4.69) is 55.5 Å². The number of carbonyl (C=O) groups excluding carboxylic acids is 1. The maximum absolute atomic E-state index is 12.5. The monoisotopic (exact) mass is 477 g/mol. The molecule has 0 aliphatic rings. The predicted octanol–water partition coefficient (Wildman–Crippen LogP) is 2.72. The second-order valence-corrected chi connectivity index (χ2v) is 9.55. The normalized spacial score (nSPS) is 14.1. The number of carbonyl (C=O) groups is 1. The molecule has 5 N–H and O–H groups in total. The van der Waals surface area contributed by atoms with Gasteiger partial charge in [-0.25, -0.2) is 0 Å². The van der Waals surface area contributed by atoms with Crippen LogP contribution in [0.25, 0.3) is 0 Å². The van der Waals surface area contributed by atoms with Crippen LogP contribution in [0, 0.1) is 11.8 Å². The van der Waals surface area contributed by atoms with Gasteiger partial charge in [-0.2, -0.15) is 0 Å². The molecule has 8 nitrogen and oxygen atoms in total. The minimum atomic E-state index is -0.685. The Kier molecular flexibility index (Phi) is 13.8. The average molecular weight is 478 g/mol. The lowest BCUT2D eigenvalue weighted by Gasteiger charge is -2.37. The van der Waals surface area contributed by atoms with Crippen molar-refractivity contribution in [2.45, 2.75) is 65.5 Å². The first-order valence-electron chi connectivity index (χ1n) is 12.3. The SMILES string of the molecule is C=C(OCc1ccc(NC(=O)[C@H](CCCNC)NC)cc1)N(C)C(C(C)C)C(O)NCC(C)C. The van der Waals surface area contributed by atoms with Gasteiger partial charge in [-0.15, -0.1) is 0 Å². The summed E-state index contributed by atoms with van der Waals surface area (Å²) in [6.07, 6.45) is 1.01. The van der Waals surface area contributed by atoms with Gasteiger partial charge < -0.3 is 30.7 Å². The largest absolute Gasteiger partial charge is 0.475 e. The molecule has 1 aromatic rings. The number of benzene rings is 1. The number of ether oxygens (including phenoxy) is 1. The smallest absolute Gasteiger partial charge is 0.241 e. The van der Waals surface area contributed by atoms with Crippen molar-refractivity contribution in [3.63, 3.8) is 0 Å². The van der Waals surface area contributed by atoms with E-state index < -0.39 is 6.23 Å². The van der Waals surface area contributed by atoms with Crippen molar-refractivity contribution in [1.82, 2.24) is 20.9 Å². The molecule has 1 aromatic carbocycles. The summed E-state index contributed by atoms with van der Waals surface area (Å²) in [5.74, 6) is 1.10. The first-order valence-corrected chi connectivity index (χ1v) is 12.3. The summed E-state index contributed by atoms with van der Waals surface area (Å²) >= 11 is 0. The molecule has 0 radical (unpaired) electrons. The van der Waals surface area contributed by atoms with E-state index in [0.29, 0.717) is 18.4 Å². The molecule has 0 aliphatic carbocycles. The van der Waals surface area contributed by atoms with Crippen LogP contribution in [0.3, 0.4) is 0 Å². The molecular formula is C26H47N5O3. The van der Waals surface area contributed by atoms with Crippen LogP contribution in [0.1, 0.15) is 46.1 Å². The molecule has 3 atom stereocenters. The van der Waals surface area contributed by atoms with Crippen LogP contribution >= 0.6 is 0 Å². The fourth-order valence-electron chi connectivity index (χ4n) is 3.74. The van der Waals surface area contributed by atoms with Gasteiger partial charge in [0.1, 0.15) is 12.8 Å². The number of nitrogens with one attached hydrogen (secondary N) is 4. The van der Waals surface area contributed by atoms with E-state index in [1.807, 2.05) is 43.3 Å². The van der Waals surface area contributed by atoms with E-state index in [-0.39, 0.29) is 23.9 Å². The molecule has 0 bridgehead atoms. The van der Waals surface area contributed by atoms with Crippen molar-refractivity contribution in [3.8, 4) is 0 Å². The quantitative estimate of drug-likeness (QED) is 0.134. The molecule has 0 saturated carbocycles. The number of aliphatic hydroxyl groups is 1. The van der Waals surface area contributed by atoms with Crippen LogP contribution in [0.4, 0.5) is 5.69 Å². The van der Waals surface area contributed by atoms with Gasteiger partial charge in [0.25, 0.3) is 0 Å². The molecular weight excluding hydrogens is 430 g/mol. The van der Waals surface area contributed by atoms with Crippen LogP contribution in [-0.4, -0.2) is 68.5 Å². The molecule has 0 aromatic heterocycles. The van der Waals surface area contributed by atoms with E-state index in [1.54, 1.807) is 7.05 Å². The number of hydrogen-bond acceptors (Lipinski definition) is 7. The maximum atomic E-state index is 12.5. The summed E-state index contributed by atoms with van der Waals surface area (Å²) in [7, 11) is 5.60. The van der Waals surface area contributed by atoms with Crippen molar-refractivity contribution in [1.29, 1.82) is 0 Å². The van der Waals surface area contributed by atoms with E-state index in [9.17, 15) is 9.90 Å². The molecule has 0 aliphatic heterocycles. The minimum Gasteiger partial charge on any atom is -0.475 e. The van der Waals surface area contributed by atoms with E-state index in [0.717, 1.165) is 37.2 Å².